The van der Waals surface area contributed by atoms with E-state index in [1.807, 2.05) is 0 Å². The van der Waals surface area contributed by atoms with Crippen LogP contribution in [0.15, 0.2) is 42.5 Å². The molecule has 2 fully saturated rings. The van der Waals surface area contributed by atoms with Crippen molar-refractivity contribution < 1.29 is 0 Å². The average Bonchev–Trinajstić information content (AvgIpc) is 3.06. The molecule has 0 nitrogen and oxygen atoms in total. The first kappa shape index (κ1) is 10.6. The van der Waals surface area contributed by atoms with Crippen LogP contribution in [0.25, 0.3) is 5.57 Å². The summed E-state index contributed by atoms with van der Waals surface area (Å²) in [4.78, 5) is 0. The summed E-state index contributed by atoms with van der Waals surface area (Å²) in [6.45, 7) is 4.15. The third-order valence-corrected chi connectivity index (χ3v) is 5.19. The molecule has 3 aliphatic rings. The van der Waals surface area contributed by atoms with E-state index in [1.165, 1.54) is 38.5 Å². The number of allylic oxidation sites excluding steroid dienone is 3. The van der Waals surface area contributed by atoms with Crippen molar-refractivity contribution in [2.45, 2.75) is 43.9 Å². The minimum atomic E-state index is 0.344. The van der Waals surface area contributed by atoms with Crippen molar-refractivity contribution in [3.8, 4) is 0 Å². The van der Waals surface area contributed by atoms with Gasteiger partial charge in [-0.3, -0.25) is 0 Å². The molecule has 0 atom stereocenters. The fraction of sp³-hybridized carbons (Fsp3) is 0.444. The highest BCUT2D eigenvalue weighted by molar-refractivity contribution is 5.84. The molecule has 0 bridgehead atoms. The molecule has 1 aromatic rings. The summed E-state index contributed by atoms with van der Waals surface area (Å²) in [5.41, 5.74) is 6.75. The van der Waals surface area contributed by atoms with Gasteiger partial charge in [-0.05, 0) is 53.9 Å². The molecule has 3 aliphatic carbocycles. The fourth-order valence-electron chi connectivity index (χ4n) is 4.32. The van der Waals surface area contributed by atoms with Gasteiger partial charge in [-0.1, -0.05) is 49.8 Å². The summed E-state index contributed by atoms with van der Waals surface area (Å²) in [5.74, 6) is 0.833. The molecule has 4 rings (SSSR count). The van der Waals surface area contributed by atoms with Gasteiger partial charge in [-0.2, -0.15) is 0 Å². The number of hydrogen-bond donors (Lipinski definition) is 0. The first-order valence-corrected chi connectivity index (χ1v) is 7.34. The summed E-state index contributed by atoms with van der Waals surface area (Å²) >= 11 is 0. The topological polar surface area (TPSA) is 0 Å². The maximum atomic E-state index is 4.15. The lowest BCUT2D eigenvalue weighted by Crippen LogP contribution is -2.21. The Bertz CT molecular complexity index is 537. The molecule has 0 aromatic heterocycles. The number of rotatable bonds is 2. The van der Waals surface area contributed by atoms with E-state index >= 15 is 0 Å². The summed E-state index contributed by atoms with van der Waals surface area (Å²) < 4.78 is 0. The zero-order chi connectivity index (χ0) is 12.2. The minimum Gasteiger partial charge on any atom is -0.0987 e. The molecular formula is C18H20. The lowest BCUT2D eigenvalue weighted by molar-refractivity contribution is 0.544. The molecule has 0 aliphatic heterocycles. The molecule has 2 saturated carbocycles. The lowest BCUT2D eigenvalue weighted by Gasteiger charge is -2.27. The molecule has 1 spiro atoms. The van der Waals surface area contributed by atoms with Crippen LogP contribution in [0.4, 0.5) is 0 Å². The molecule has 0 heterocycles. The predicted octanol–water partition coefficient (Wildman–Crippen LogP) is 4.86. The Balaban J connectivity index is 2.00. The van der Waals surface area contributed by atoms with Gasteiger partial charge in [0.2, 0.25) is 0 Å². The van der Waals surface area contributed by atoms with Gasteiger partial charge in [-0.25, -0.2) is 0 Å². The van der Waals surface area contributed by atoms with Crippen molar-refractivity contribution in [1.29, 1.82) is 0 Å². The van der Waals surface area contributed by atoms with E-state index in [0.29, 0.717) is 5.41 Å². The highest BCUT2D eigenvalue weighted by atomic mass is 14.5. The van der Waals surface area contributed by atoms with Crippen molar-refractivity contribution in [1.82, 2.24) is 0 Å². The quantitative estimate of drug-likeness (QED) is 0.687. The van der Waals surface area contributed by atoms with E-state index < -0.39 is 0 Å². The fourth-order valence-corrected chi connectivity index (χ4v) is 4.32. The summed E-state index contributed by atoms with van der Waals surface area (Å²) in [6, 6.07) is 9.14. The van der Waals surface area contributed by atoms with Gasteiger partial charge in [0.05, 0.1) is 0 Å². The van der Waals surface area contributed by atoms with Gasteiger partial charge in [0, 0.05) is 5.41 Å². The first-order valence-electron chi connectivity index (χ1n) is 7.34. The molecule has 1 aromatic carbocycles. The molecule has 0 heteroatoms. The van der Waals surface area contributed by atoms with Crippen LogP contribution in [0.2, 0.25) is 0 Å². The Labute approximate surface area is 109 Å². The van der Waals surface area contributed by atoms with Crippen LogP contribution < -0.4 is 0 Å². The van der Waals surface area contributed by atoms with Crippen molar-refractivity contribution in [3.63, 3.8) is 0 Å². The lowest BCUT2D eigenvalue weighted by atomic mass is 9.75. The van der Waals surface area contributed by atoms with Crippen molar-refractivity contribution in [2.75, 3.05) is 0 Å². The van der Waals surface area contributed by atoms with Crippen molar-refractivity contribution >= 4 is 5.57 Å². The number of hydrogen-bond acceptors (Lipinski definition) is 0. The van der Waals surface area contributed by atoms with E-state index in [1.54, 1.807) is 22.3 Å². The Morgan fingerprint density at radius 1 is 1.11 bits per heavy atom. The molecule has 0 N–H and O–H groups in total. The molecular weight excluding hydrogens is 216 g/mol. The Morgan fingerprint density at radius 2 is 1.83 bits per heavy atom. The molecule has 92 valence electrons. The maximum Gasteiger partial charge on any atom is 0.0211 e. The molecule has 0 radical (unpaired) electrons. The normalized spacial score (nSPS) is 24.7. The highest BCUT2D eigenvalue weighted by Crippen LogP contribution is 2.60. The van der Waals surface area contributed by atoms with E-state index in [-0.39, 0.29) is 0 Å². The zero-order valence-corrected chi connectivity index (χ0v) is 10.9. The van der Waals surface area contributed by atoms with Crippen molar-refractivity contribution in [3.05, 3.63) is 53.6 Å². The second kappa shape index (κ2) is 3.60. The molecule has 0 amide bonds. The monoisotopic (exact) mass is 236 g/mol. The Kier molecular flexibility index (Phi) is 2.12. The van der Waals surface area contributed by atoms with Crippen LogP contribution in [0.5, 0.6) is 0 Å². The number of benzene rings is 1. The predicted molar refractivity (Wildman–Crippen MR) is 76.4 cm³/mol. The van der Waals surface area contributed by atoms with Crippen molar-refractivity contribution in [2.24, 2.45) is 5.92 Å². The second-order valence-electron chi connectivity index (χ2n) is 6.14. The van der Waals surface area contributed by atoms with Crippen LogP contribution in [-0.4, -0.2) is 0 Å². The van der Waals surface area contributed by atoms with Crippen LogP contribution in [0.3, 0.4) is 0 Å². The Hall–Kier alpha value is -1.30. The summed E-state index contributed by atoms with van der Waals surface area (Å²) in [5, 5.41) is 0. The van der Waals surface area contributed by atoms with Gasteiger partial charge in [0.1, 0.15) is 0 Å². The van der Waals surface area contributed by atoms with Crippen LogP contribution in [-0.2, 0) is 5.41 Å². The highest BCUT2D eigenvalue weighted by Gasteiger charge is 2.48. The minimum absolute atomic E-state index is 0.344. The van der Waals surface area contributed by atoms with Gasteiger partial charge >= 0.3 is 0 Å². The third-order valence-electron chi connectivity index (χ3n) is 5.19. The maximum absolute atomic E-state index is 4.15. The Morgan fingerprint density at radius 3 is 2.50 bits per heavy atom. The van der Waals surface area contributed by atoms with E-state index in [0.717, 1.165) is 5.92 Å². The summed E-state index contributed by atoms with van der Waals surface area (Å²) in [6.07, 6.45) is 10.4. The van der Waals surface area contributed by atoms with Gasteiger partial charge in [0.15, 0.2) is 0 Å². The van der Waals surface area contributed by atoms with E-state index in [4.69, 9.17) is 0 Å². The standard InChI is InChI=1S/C18H20/c1-2-15-17(13-9-10-13)14-7-3-4-8-16(14)18(15)11-5-6-12-18/h2-4,7-8,13H,1,5-6,9-12H2. The second-order valence-corrected chi connectivity index (χ2v) is 6.14. The molecule has 0 unspecified atom stereocenters. The average molecular weight is 236 g/mol. The zero-order valence-electron chi connectivity index (χ0n) is 10.9. The molecule has 0 saturated heterocycles. The van der Waals surface area contributed by atoms with E-state index in [2.05, 4.69) is 36.9 Å². The van der Waals surface area contributed by atoms with Gasteiger partial charge in [-0.15, -0.1) is 0 Å². The SMILES string of the molecule is C=CC1=C(C2CC2)c2ccccc2C12CCCC2. The van der Waals surface area contributed by atoms with Crippen LogP contribution >= 0.6 is 0 Å². The third kappa shape index (κ3) is 1.21. The van der Waals surface area contributed by atoms with Crippen LogP contribution in [0, 0.1) is 5.92 Å². The smallest absolute Gasteiger partial charge is 0.0211 e. The molecule has 18 heavy (non-hydrogen) atoms. The largest absolute Gasteiger partial charge is 0.0987 e. The summed E-state index contributed by atoms with van der Waals surface area (Å²) in [7, 11) is 0. The number of fused-ring (bicyclic) bond motifs is 2. The van der Waals surface area contributed by atoms with Gasteiger partial charge < -0.3 is 0 Å². The van der Waals surface area contributed by atoms with Gasteiger partial charge in [0.25, 0.3) is 0 Å². The van der Waals surface area contributed by atoms with Crippen LogP contribution in [0.1, 0.15) is 49.7 Å². The first-order chi connectivity index (χ1) is 8.87. The van der Waals surface area contributed by atoms with E-state index in [9.17, 15) is 0 Å².